The lowest BCUT2D eigenvalue weighted by Crippen LogP contribution is -2.29. The molecule has 1 aliphatic heterocycles. The van der Waals surface area contributed by atoms with E-state index in [0.717, 1.165) is 24.7 Å². The molecule has 1 aromatic carbocycles. The zero-order valence-electron chi connectivity index (χ0n) is 15.3. The Hall–Kier alpha value is -1.85. The highest BCUT2D eigenvalue weighted by Crippen LogP contribution is 2.44. The Labute approximate surface area is 144 Å². The maximum atomic E-state index is 6.21. The molecule has 130 valence electrons. The van der Waals surface area contributed by atoms with E-state index in [1.807, 2.05) is 19.4 Å². The van der Waals surface area contributed by atoms with Crippen LogP contribution in [0, 0.1) is 6.92 Å². The van der Waals surface area contributed by atoms with Crippen molar-refractivity contribution in [3.05, 3.63) is 46.5 Å². The van der Waals surface area contributed by atoms with Crippen molar-refractivity contribution in [2.75, 3.05) is 13.7 Å². The van der Waals surface area contributed by atoms with E-state index in [2.05, 4.69) is 41.3 Å². The third-order valence-electron chi connectivity index (χ3n) is 5.13. The minimum atomic E-state index is 0.211. The van der Waals surface area contributed by atoms with Gasteiger partial charge in [-0.1, -0.05) is 13.8 Å². The predicted molar refractivity (Wildman–Crippen MR) is 96.1 cm³/mol. The molecule has 5 heteroatoms. The Kier molecular flexibility index (Phi) is 4.65. The van der Waals surface area contributed by atoms with Crippen molar-refractivity contribution in [3.63, 3.8) is 0 Å². The summed E-state index contributed by atoms with van der Waals surface area (Å²) >= 11 is 0. The minimum Gasteiger partial charge on any atom is -0.496 e. The fourth-order valence-corrected chi connectivity index (χ4v) is 3.88. The van der Waals surface area contributed by atoms with Crippen LogP contribution in [0.25, 0.3) is 0 Å². The van der Waals surface area contributed by atoms with E-state index < -0.39 is 0 Å². The highest BCUT2D eigenvalue weighted by Gasteiger charge is 2.35. The Morgan fingerprint density at radius 2 is 2.17 bits per heavy atom. The predicted octanol–water partition coefficient (Wildman–Crippen LogP) is 2.88. The number of nitrogens with zero attached hydrogens (tertiary/aromatic N) is 3. The van der Waals surface area contributed by atoms with Crippen LogP contribution in [0.4, 0.5) is 0 Å². The number of nitrogens with two attached hydrogens (primary N) is 1. The lowest BCUT2D eigenvalue weighted by molar-refractivity contribution is 0.202. The quantitative estimate of drug-likeness (QED) is 0.917. The van der Waals surface area contributed by atoms with Gasteiger partial charge < -0.3 is 15.0 Å². The van der Waals surface area contributed by atoms with Gasteiger partial charge in [-0.25, -0.2) is 4.98 Å². The number of benzene rings is 1. The summed E-state index contributed by atoms with van der Waals surface area (Å²) in [4.78, 5) is 6.92. The number of hydrogen-bond donors (Lipinski definition) is 1. The van der Waals surface area contributed by atoms with Crippen LogP contribution in [-0.4, -0.2) is 28.1 Å². The van der Waals surface area contributed by atoms with Gasteiger partial charge in [0.1, 0.15) is 11.6 Å². The van der Waals surface area contributed by atoms with Gasteiger partial charge in [-0.3, -0.25) is 4.90 Å². The average Bonchev–Trinajstić information content (AvgIpc) is 3.11. The molecule has 0 radical (unpaired) electrons. The van der Waals surface area contributed by atoms with Crippen LogP contribution in [-0.2, 0) is 20.1 Å². The number of rotatable bonds is 5. The summed E-state index contributed by atoms with van der Waals surface area (Å²) in [5.41, 5.74) is 11.6. The topological polar surface area (TPSA) is 56.3 Å². The summed E-state index contributed by atoms with van der Waals surface area (Å²) in [7, 11) is 3.79. The molecule has 1 aromatic heterocycles. The van der Waals surface area contributed by atoms with Gasteiger partial charge in [-0.05, 0) is 35.6 Å². The van der Waals surface area contributed by atoms with Crippen molar-refractivity contribution in [1.82, 2.24) is 14.5 Å². The first-order valence-electron chi connectivity index (χ1n) is 8.58. The van der Waals surface area contributed by atoms with Gasteiger partial charge in [-0.2, -0.15) is 0 Å². The molecule has 1 atom stereocenters. The molecule has 0 aliphatic carbocycles. The number of imidazole rings is 1. The van der Waals surface area contributed by atoms with Crippen molar-refractivity contribution < 1.29 is 4.74 Å². The molecule has 2 N–H and O–H groups in total. The van der Waals surface area contributed by atoms with E-state index in [4.69, 9.17) is 10.5 Å². The summed E-state index contributed by atoms with van der Waals surface area (Å²) in [6, 6.07) is 2.38. The summed E-state index contributed by atoms with van der Waals surface area (Å²) in [6.07, 6.45) is 3.84. The van der Waals surface area contributed by atoms with E-state index in [0.29, 0.717) is 12.5 Å². The zero-order valence-corrected chi connectivity index (χ0v) is 15.3. The van der Waals surface area contributed by atoms with Crippen LogP contribution in [0.3, 0.4) is 0 Å². The normalized spacial score (nSPS) is 17.5. The fraction of sp³-hybridized carbons (Fsp3) is 0.526. The average molecular weight is 328 g/mol. The minimum absolute atomic E-state index is 0.211. The first-order chi connectivity index (χ1) is 11.5. The van der Waals surface area contributed by atoms with Crippen molar-refractivity contribution >= 4 is 0 Å². The van der Waals surface area contributed by atoms with Crippen molar-refractivity contribution in [2.24, 2.45) is 12.8 Å². The molecule has 2 heterocycles. The van der Waals surface area contributed by atoms with Crippen LogP contribution in [0.1, 0.15) is 53.9 Å². The molecule has 0 fully saturated rings. The Bertz CT molecular complexity index is 735. The highest BCUT2D eigenvalue weighted by atomic mass is 16.5. The second-order valence-corrected chi connectivity index (χ2v) is 6.97. The molecule has 3 rings (SSSR count). The molecule has 1 unspecified atom stereocenters. The summed E-state index contributed by atoms with van der Waals surface area (Å²) < 4.78 is 7.77. The number of aryl methyl sites for hydroxylation is 2. The molecule has 0 amide bonds. The van der Waals surface area contributed by atoms with E-state index >= 15 is 0 Å². The Balaban J connectivity index is 2.06. The molecule has 0 saturated heterocycles. The molecule has 1 aliphatic rings. The van der Waals surface area contributed by atoms with Crippen molar-refractivity contribution in [2.45, 2.75) is 45.8 Å². The summed E-state index contributed by atoms with van der Waals surface area (Å²) in [5.74, 6) is 2.45. The van der Waals surface area contributed by atoms with Gasteiger partial charge in [-0.15, -0.1) is 0 Å². The largest absolute Gasteiger partial charge is 0.496 e. The van der Waals surface area contributed by atoms with Crippen molar-refractivity contribution in [1.29, 1.82) is 0 Å². The first kappa shape index (κ1) is 17.0. The lowest BCUT2D eigenvalue weighted by Gasteiger charge is -2.26. The second-order valence-electron chi connectivity index (χ2n) is 6.97. The fourth-order valence-electron chi connectivity index (χ4n) is 3.88. The molecule has 5 nitrogen and oxygen atoms in total. The molecule has 0 saturated carbocycles. The summed E-state index contributed by atoms with van der Waals surface area (Å²) in [5, 5.41) is 0. The monoisotopic (exact) mass is 328 g/mol. The molecule has 0 spiro atoms. The Morgan fingerprint density at radius 1 is 1.42 bits per heavy atom. The zero-order chi connectivity index (χ0) is 17.4. The molecule has 2 aromatic rings. The molecule has 24 heavy (non-hydrogen) atoms. The maximum absolute atomic E-state index is 6.21. The van der Waals surface area contributed by atoms with Crippen molar-refractivity contribution in [3.8, 4) is 5.75 Å². The van der Waals surface area contributed by atoms with Crippen LogP contribution < -0.4 is 10.5 Å². The number of fused-ring (bicyclic) bond motifs is 1. The van der Waals surface area contributed by atoms with E-state index in [1.54, 1.807) is 7.11 Å². The SMILES string of the molecule is COc1cc(C)c2c(c1C(C)C)C(CN)N(Cc1nccn1C)C2. The Morgan fingerprint density at radius 3 is 2.71 bits per heavy atom. The lowest BCUT2D eigenvalue weighted by atomic mass is 9.88. The van der Waals surface area contributed by atoms with Gasteiger partial charge in [0.2, 0.25) is 0 Å². The molecular weight excluding hydrogens is 300 g/mol. The standard InChI is InChI=1S/C19H28N4O/c1-12(2)18-16(24-5)8-13(3)14-10-23(15(9-20)19(14)18)11-17-21-6-7-22(17)4/h6-8,12,15H,9-11,20H2,1-5H3. The summed E-state index contributed by atoms with van der Waals surface area (Å²) in [6.45, 7) is 8.94. The smallest absolute Gasteiger partial charge is 0.122 e. The first-order valence-corrected chi connectivity index (χ1v) is 8.58. The van der Waals surface area contributed by atoms with Crippen LogP contribution in [0.5, 0.6) is 5.75 Å². The number of methoxy groups -OCH3 is 1. The third kappa shape index (κ3) is 2.72. The van der Waals surface area contributed by atoms with E-state index in [-0.39, 0.29) is 6.04 Å². The van der Waals surface area contributed by atoms with E-state index in [1.165, 1.54) is 22.3 Å². The van der Waals surface area contributed by atoms with Gasteiger partial charge in [0.05, 0.1) is 13.7 Å². The molecule has 0 bridgehead atoms. The number of ether oxygens (including phenoxy) is 1. The van der Waals surface area contributed by atoms with Crippen LogP contribution in [0.2, 0.25) is 0 Å². The second kappa shape index (κ2) is 6.57. The van der Waals surface area contributed by atoms with E-state index in [9.17, 15) is 0 Å². The van der Waals surface area contributed by atoms with Gasteiger partial charge in [0, 0.05) is 44.1 Å². The van der Waals surface area contributed by atoms with Crippen LogP contribution in [0.15, 0.2) is 18.5 Å². The number of aromatic nitrogens is 2. The maximum Gasteiger partial charge on any atom is 0.122 e. The van der Waals surface area contributed by atoms with Gasteiger partial charge in [0.15, 0.2) is 0 Å². The van der Waals surface area contributed by atoms with Gasteiger partial charge >= 0.3 is 0 Å². The van der Waals surface area contributed by atoms with Crippen LogP contribution >= 0.6 is 0 Å². The highest BCUT2D eigenvalue weighted by molar-refractivity contribution is 5.54. The number of hydrogen-bond acceptors (Lipinski definition) is 4. The van der Waals surface area contributed by atoms with Gasteiger partial charge in [0.25, 0.3) is 0 Å². The third-order valence-corrected chi connectivity index (χ3v) is 5.13. The molecular formula is C19H28N4O.